The van der Waals surface area contributed by atoms with Crippen LogP contribution < -0.4 is 5.32 Å². The van der Waals surface area contributed by atoms with E-state index in [2.05, 4.69) is 36.0 Å². The topological polar surface area (TPSA) is 65.2 Å². The molecule has 5 heteroatoms. The van der Waals surface area contributed by atoms with Gasteiger partial charge in [-0.05, 0) is 36.2 Å². The van der Waals surface area contributed by atoms with Crippen LogP contribution in [0, 0.1) is 10.8 Å². The molecule has 0 radical (unpaired) electrons. The van der Waals surface area contributed by atoms with Crippen molar-refractivity contribution in [3.8, 4) is 0 Å². The number of amides is 2. The Balaban J connectivity index is 1.68. The number of carbonyl (C=O) groups excluding carboxylic acids is 2. The Morgan fingerprint density at radius 3 is 2.73 bits per heavy atom. The van der Waals surface area contributed by atoms with E-state index in [1.807, 2.05) is 18.2 Å². The van der Waals surface area contributed by atoms with Crippen LogP contribution >= 0.6 is 0 Å². The van der Waals surface area contributed by atoms with E-state index in [0.29, 0.717) is 17.3 Å². The van der Waals surface area contributed by atoms with Gasteiger partial charge in [0.25, 0.3) is 5.91 Å². The van der Waals surface area contributed by atoms with Crippen molar-refractivity contribution in [2.45, 2.75) is 53.0 Å². The molecule has 0 spiro atoms. The van der Waals surface area contributed by atoms with Gasteiger partial charge in [0.05, 0.1) is 16.8 Å². The third-order valence-corrected chi connectivity index (χ3v) is 5.93. The number of anilines is 1. The first-order valence-corrected chi connectivity index (χ1v) is 9.36. The summed E-state index contributed by atoms with van der Waals surface area (Å²) in [7, 11) is 0. The molecule has 2 aromatic rings. The molecule has 26 heavy (non-hydrogen) atoms. The first kappa shape index (κ1) is 17.1. The van der Waals surface area contributed by atoms with E-state index >= 15 is 0 Å². The Kier molecular flexibility index (Phi) is 3.69. The fourth-order valence-corrected chi connectivity index (χ4v) is 5.48. The molecule has 1 aliphatic heterocycles. The van der Waals surface area contributed by atoms with Crippen LogP contribution in [0.15, 0.2) is 24.4 Å². The number of benzene rings is 1. The van der Waals surface area contributed by atoms with Gasteiger partial charge in [-0.25, -0.2) is 0 Å². The zero-order chi connectivity index (χ0) is 18.7. The molecule has 1 aromatic carbocycles. The van der Waals surface area contributed by atoms with Crippen molar-refractivity contribution in [2.75, 3.05) is 11.9 Å². The monoisotopic (exact) mass is 353 g/mol. The summed E-state index contributed by atoms with van der Waals surface area (Å²) in [4.78, 5) is 30.1. The summed E-state index contributed by atoms with van der Waals surface area (Å²) in [5.41, 5.74) is 2.71. The highest BCUT2D eigenvalue weighted by Crippen LogP contribution is 2.52. The Morgan fingerprint density at radius 1 is 1.23 bits per heavy atom. The lowest BCUT2D eigenvalue weighted by molar-refractivity contribution is -0.114. The lowest BCUT2D eigenvalue weighted by Gasteiger charge is -2.39. The second-order valence-electron chi connectivity index (χ2n) is 9.26. The molecule has 4 rings (SSSR count). The number of aromatic nitrogens is 1. The minimum absolute atomic E-state index is 0.0997. The second kappa shape index (κ2) is 5.60. The number of H-pyrrole nitrogens is 1. The van der Waals surface area contributed by atoms with E-state index < -0.39 is 0 Å². The Labute approximate surface area is 154 Å². The average molecular weight is 353 g/mol. The zero-order valence-corrected chi connectivity index (χ0v) is 16.0. The van der Waals surface area contributed by atoms with E-state index in [9.17, 15) is 9.59 Å². The SMILES string of the molecule is CC(=O)Nc1cccc2c(C(=O)N3CC4(C)CC3CC(C)(C)C4)c[nH]c12. The smallest absolute Gasteiger partial charge is 0.256 e. The standard InChI is InChI=1S/C21H27N3O2/c1-13(25)23-17-7-5-6-15-16(10-22-18(15)17)19(26)24-12-21(4)9-14(24)8-20(2,3)11-21/h5-7,10,14,22H,8-9,11-12H2,1-4H3,(H,23,25). The summed E-state index contributed by atoms with van der Waals surface area (Å²) in [5.74, 6) is -0.0221. The molecule has 2 unspecified atom stereocenters. The van der Waals surface area contributed by atoms with Crippen molar-refractivity contribution in [3.63, 3.8) is 0 Å². The molecule has 2 atom stereocenters. The van der Waals surface area contributed by atoms with Gasteiger partial charge < -0.3 is 15.2 Å². The molecule has 5 nitrogen and oxygen atoms in total. The third kappa shape index (κ3) is 2.79. The van der Waals surface area contributed by atoms with Gasteiger partial charge in [-0.15, -0.1) is 0 Å². The Hall–Kier alpha value is -2.30. The van der Waals surface area contributed by atoms with Crippen LogP contribution in [0.25, 0.3) is 10.9 Å². The van der Waals surface area contributed by atoms with E-state index in [1.54, 1.807) is 6.20 Å². The normalized spacial score (nSPS) is 26.9. The van der Waals surface area contributed by atoms with Crippen molar-refractivity contribution in [2.24, 2.45) is 10.8 Å². The number of nitrogens with zero attached hydrogens (tertiary/aromatic N) is 1. The summed E-state index contributed by atoms with van der Waals surface area (Å²) in [6, 6.07) is 5.99. The lowest BCUT2D eigenvalue weighted by atomic mass is 9.65. The Bertz CT molecular complexity index is 898. The van der Waals surface area contributed by atoms with Gasteiger partial charge >= 0.3 is 0 Å². The number of carbonyl (C=O) groups is 2. The van der Waals surface area contributed by atoms with Gasteiger partial charge in [0, 0.05) is 31.1 Å². The van der Waals surface area contributed by atoms with Crippen molar-refractivity contribution in [1.82, 2.24) is 9.88 Å². The number of para-hydroxylation sites is 1. The Morgan fingerprint density at radius 2 is 2.00 bits per heavy atom. The summed E-state index contributed by atoms with van der Waals surface area (Å²) in [6.07, 6.45) is 5.12. The van der Waals surface area contributed by atoms with Crippen molar-refractivity contribution >= 4 is 28.4 Å². The van der Waals surface area contributed by atoms with E-state index in [4.69, 9.17) is 0 Å². The van der Waals surface area contributed by atoms with Gasteiger partial charge in [-0.3, -0.25) is 9.59 Å². The molecule has 2 aliphatic rings. The maximum absolute atomic E-state index is 13.4. The molecule has 1 aromatic heterocycles. The predicted molar refractivity (Wildman–Crippen MR) is 103 cm³/mol. The number of likely N-dealkylation sites (tertiary alicyclic amines) is 1. The van der Waals surface area contributed by atoms with Gasteiger partial charge in [0.15, 0.2) is 0 Å². The highest BCUT2D eigenvalue weighted by molar-refractivity contribution is 6.11. The fraction of sp³-hybridized carbons (Fsp3) is 0.524. The number of nitrogens with one attached hydrogen (secondary N) is 2. The van der Waals surface area contributed by atoms with Crippen LogP contribution in [0.3, 0.4) is 0 Å². The zero-order valence-electron chi connectivity index (χ0n) is 16.0. The summed E-state index contributed by atoms with van der Waals surface area (Å²) in [6.45, 7) is 9.27. The average Bonchev–Trinajstić information content (AvgIpc) is 3.04. The van der Waals surface area contributed by atoms with Gasteiger partial charge in [-0.1, -0.05) is 32.9 Å². The van der Waals surface area contributed by atoms with Gasteiger partial charge in [-0.2, -0.15) is 0 Å². The van der Waals surface area contributed by atoms with Crippen molar-refractivity contribution in [1.29, 1.82) is 0 Å². The largest absolute Gasteiger partial charge is 0.359 e. The summed E-state index contributed by atoms with van der Waals surface area (Å²) < 4.78 is 0. The maximum atomic E-state index is 13.4. The molecular formula is C21H27N3O2. The van der Waals surface area contributed by atoms with Crippen molar-refractivity contribution in [3.05, 3.63) is 30.0 Å². The number of hydrogen-bond acceptors (Lipinski definition) is 2. The van der Waals surface area contributed by atoms with Gasteiger partial charge in [0.1, 0.15) is 0 Å². The number of fused-ring (bicyclic) bond motifs is 3. The quantitative estimate of drug-likeness (QED) is 0.851. The van der Waals surface area contributed by atoms with Gasteiger partial charge in [0.2, 0.25) is 5.91 Å². The number of rotatable bonds is 2. The molecule has 2 N–H and O–H groups in total. The first-order chi connectivity index (χ1) is 12.2. The maximum Gasteiger partial charge on any atom is 0.256 e. The van der Waals surface area contributed by atoms with Crippen molar-refractivity contribution < 1.29 is 9.59 Å². The third-order valence-electron chi connectivity index (χ3n) is 5.93. The number of aromatic amines is 1. The van der Waals surface area contributed by atoms with E-state index in [-0.39, 0.29) is 22.6 Å². The first-order valence-electron chi connectivity index (χ1n) is 9.36. The van der Waals surface area contributed by atoms with Crippen LogP contribution in [-0.2, 0) is 4.79 Å². The van der Waals surface area contributed by atoms with Crippen LogP contribution in [0.4, 0.5) is 5.69 Å². The molecule has 2 amide bonds. The van der Waals surface area contributed by atoms with Crippen LogP contribution in [0.5, 0.6) is 0 Å². The molecule has 2 heterocycles. The van der Waals surface area contributed by atoms with E-state index in [1.165, 1.54) is 13.3 Å². The minimum Gasteiger partial charge on any atom is -0.359 e. The molecule has 2 fully saturated rings. The summed E-state index contributed by atoms with van der Waals surface area (Å²) >= 11 is 0. The minimum atomic E-state index is -0.122. The highest BCUT2D eigenvalue weighted by Gasteiger charge is 2.51. The van der Waals surface area contributed by atoms with Crippen LogP contribution in [-0.4, -0.2) is 34.3 Å². The molecule has 1 aliphatic carbocycles. The lowest BCUT2D eigenvalue weighted by Crippen LogP contribution is -2.37. The summed E-state index contributed by atoms with van der Waals surface area (Å²) in [5, 5.41) is 3.70. The fourth-order valence-electron chi connectivity index (χ4n) is 5.48. The molecule has 2 bridgehead atoms. The molecule has 1 saturated heterocycles. The second-order valence-corrected chi connectivity index (χ2v) is 9.26. The molecule has 1 saturated carbocycles. The molecular weight excluding hydrogens is 326 g/mol. The van der Waals surface area contributed by atoms with E-state index in [0.717, 1.165) is 30.3 Å². The molecule has 138 valence electrons. The van der Waals surface area contributed by atoms with Crippen LogP contribution in [0.1, 0.15) is 57.3 Å². The van der Waals surface area contributed by atoms with Crippen LogP contribution in [0.2, 0.25) is 0 Å². The number of hydrogen-bond donors (Lipinski definition) is 2. The predicted octanol–water partition coefficient (Wildman–Crippen LogP) is 4.17. The highest BCUT2D eigenvalue weighted by atomic mass is 16.2.